The van der Waals surface area contributed by atoms with Crippen molar-refractivity contribution >= 4 is 34.8 Å². The Morgan fingerprint density at radius 1 is 0.696 bits per heavy atom. The van der Waals surface area contributed by atoms with Crippen LogP contribution in [0, 0.1) is 0 Å². The molecule has 2 nitrogen and oxygen atoms in total. The van der Waals surface area contributed by atoms with E-state index < -0.39 is 0 Å². The number of nitrogens with zero attached hydrogens (tertiary/aromatic N) is 2. The molecule has 122 valence electrons. The maximum Gasteiger partial charge on any atom is 0.0595 e. The lowest BCUT2D eigenvalue weighted by Crippen LogP contribution is -2.45. The van der Waals surface area contributed by atoms with Crippen LogP contribution in [0.25, 0.3) is 0 Å². The molecule has 5 heteroatoms. The standard InChI is InChI=1S/C18H19Cl3N2/c19-16-4-2-1-3-15(16)13-23-9-7-22(8-10-23)12-14-5-6-17(20)18(21)11-14/h1-6,11H,7-10,12-13H2. The second-order valence-corrected chi connectivity index (χ2v) is 7.11. The second kappa shape index (κ2) is 7.87. The fourth-order valence-corrected chi connectivity index (χ4v) is 3.39. The minimum absolute atomic E-state index is 0.611. The molecule has 0 saturated carbocycles. The Hall–Kier alpha value is -0.770. The quantitative estimate of drug-likeness (QED) is 0.751. The summed E-state index contributed by atoms with van der Waals surface area (Å²) in [4.78, 5) is 4.90. The van der Waals surface area contributed by atoms with Crippen LogP contribution in [0.4, 0.5) is 0 Å². The Balaban J connectivity index is 1.52. The molecular weight excluding hydrogens is 351 g/mol. The first-order chi connectivity index (χ1) is 11.1. The van der Waals surface area contributed by atoms with E-state index in [0.29, 0.717) is 10.0 Å². The van der Waals surface area contributed by atoms with Crippen molar-refractivity contribution in [3.8, 4) is 0 Å². The first-order valence-corrected chi connectivity index (χ1v) is 8.87. The van der Waals surface area contributed by atoms with Gasteiger partial charge in [-0.05, 0) is 29.3 Å². The van der Waals surface area contributed by atoms with Crippen molar-refractivity contribution in [1.29, 1.82) is 0 Å². The van der Waals surface area contributed by atoms with Crippen LogP contribution in [0.3, 0.4) is 0 Å². The lowest BCUT2D eigenvalue weighted by atomic mass is 10.1. The topological polar surface area (TPSA) is 6.48 Å². The summed E-state index contributed by atoms with van der Waals surface area (Å²) in [6, 6.07) is 13.9. The highest BCUT2D eigenvalue weighted by atomic mass is 35.5. The molecule has 1 fully saturated rings. The summed E-state index contributed by atoms with van der Waals surface area (Å²) in [6.07, 6.45) is 0. The number of halogens is 3. The summed E-state index contributed by atoms with van der Waals surface area (Å²) in [5.41, 5.74) is 2.41. The second-order valence-electron chi connectivity index (χ2n) is 5.89. The molecule has 0 bridgehead atoms. The molecule has 1 aliphatic rings. The van der Waals surface area contributed by atoms with Crippen LogP contribution in [-0.2, 0) is 13.1 Å². The summed E-state index contributed by atoms with van der Waals surface area (Å²) in [7, 11) is 0. The number of hydrogen-bond acceptors (Lipinski definition) is 2. The van der Waals surface area contributed by atoms with Crippen molar-refractivity contribution in [1.82, 2.24) is 9.80 Å². The Labute approximate surface area is 152 Å². The highest BCUT2D eigenvalue weighted by Gasteiger charge is 2.18. The van der Waals surface area contributed by atoms with Gasteiger partial charge in [-0.3, -0.25) is 9.80 Å². The van der Waals surface area contributed by atoms with E-state index in [2.05, 4.69) is 15.9 Å². The SMILES string of the molecule is Clc1ccc(CN2CCN(Cc3ccccc3Cl)CC2)cc1Cl. The lowest BCUT2D eigenvalue weighted by Gasteiger charge is -2.35. The van der Waals surface area contributed by atoms with Gasteiger partial charge < -0.3 is 0 Å². The zero-order chi connectivity index (χ0) is 16.2. The molecule has 2 aromatic carbocycles. The monoisotopic (exact) mass is 368 g/mol. The van der Waals surface area contributed by atoms with Gasteiger partial charge in [0.2, 0.25) is 0 Å². The fraction of sp³-hybridized carbons (Fsp3) is 0.333. The van der Waals surface area contributed by atoms with E-state index in [0.717, 1.165) is 44.3 Å². The predicted molar refractivity (Wildman–Crippen MR) is 98.5 cm³/mol. The molecule has 1 aliphatic heterocycles. The van der Waals surface area contributed by atoms with Crippen LogP contribution in [0.5, 0.6) is 0 Å². The van der Waals surface area contributed by atoms with E-state index in [1.807, 2.05) is 36.4 Å². The Morgan fingerprint density at radius 3 is 2.00 bits per heavy atom. The van der Waals surface area contributed by atoms with E-state index in [-0.39, 0.29) is 0 Å². The van der Waals surface area contributed by atoms with Crippen molar-refractivity contribution in [2.45, 2.75) is 13.1 Å². The summed E-state index contributed by atoms with van der Waals surface area (Å²) in [5, 5.41) is 2.09. The molecule has 0 amide bonds. The molecule has 0 spiro atoms. The Bertz CT molecular complexity index is 667. The van der Waals surface area contributed by atoms with E-state index in [9.17, 15) is 0 Å². The Kier molecular flexibility index (Phi) is 5.84. The maximum atomic E-state index is 6.25. The van der Waals surface area contributed by atoms with Crippen LogP contribution in [0.15, 0.2) is 42.5 Å². The number of rotatable bonds is 4. The van der Waals surface area contributed by atoms with Crippen molar-refractivity contribution in [3.63, 3.8) is 0 Å². The average molecular weight is 370 g/mol. The highest BCUT2D eigenvalue weighted by molar-refractivity contribution is 6.42. The summed E-state index contributed by atoms with van der Waals surface area (Å²) in [6.45, 7) is 6.02. The number of benzene rings is 2. The summed E-state index contributed by atoms with van der Waals surface area (Å²) >= 11 is 18.3. The van der Waals surface area contributed by atoms with Crippen LogP contribution < -0.4 is 0 Å². The molecule has 0 unspecified atom stereocenters. The first-order valence-electron chi connectivity index (χ1n) is 7.74. The molecular formula is C18H19Cl3N2. The third kappa shape index (κ3) is 4.62. The predicted octanol–water partition coefficient (Wildman–Crippen LogP) is 4.96. The molecule has 23 heavy (non-hydrogen) atoms. The molecule has 3 rings (SSSR count). The van der Waals surface area contributed by atoms with Gasteiger partial charge in [0.15, 0.2) is 0 Å². The van der Waals surface area contributed by atoms with Gasteiger partial charge in [0.25, 0.3) is 0 Å². The lowest BCUT2D eigenvalue weighted by molar-refractivity contribution is 0.122. The molecule has 1 heterocycles. The number of hydrogen-bond donors (Lipinski definition) is 0. The normalized spacial score (nSPS) is 16.7. The zero-order valence-electron chi connectivity index (χ0n) is 12.8. The molecule has 0 N–H and O–H groups in total. The molecule has 0 aliphatic carbocycles. The Morgan fingerprint density at radius 2 is 1.35 bits per heavy atom. The summed E-state index contributed by atoms with van der Waals surface area (Å²) < 4.78 is 0. The van der Waals surface area contributed by atoms with Gasteiger partial charge in [-0.15, -0.1) is 0 Å². The van der Waals surface area contributed by atoms with Gasteiger partial charge in [-0.1, -0.05) is 59.1 Å². The van der Waals surface area contributed by atoms with E-state index in [4.69, 9.17) is 34.8 Å². The van der Waals surface area contributed by atoms with Gasteiger partial charge in [0, 0.05) is 44.3 Å². The largest absolute Gasteiger partial charge is 0.297 e. The van der Waals surface area contributed by atoms with Gasteiger partial charge in [0.05, 0.1) is 10.0 Å². The summed E-state index contributed by atoms with van der Waals surface area (Å²) in [5.74, 6) is 0. The van der Waals surface area contributed by atoms with Crippen molar-refractivity contribution in [2.75, 3.05) is 26.2 Å². The van der Waals surface area contributed by atoms with Crippen LogP contribution in [-0.4, -0.2) is 36.0 Å². The van der Waals surface area contributed by atoms with Gasteiger partial charge >= 0.3 is 0 Å². The molecule has 0 radical (unpaired) electrons. The van der Waals surface area contributed by atoms with Crippen LogP contribution in [0.2, 0.25) is 15.1 Å². The number of piperazine rings is 1. The smallest absolute Gasteiger partial charge is 0.0595 e. The third-order valence-electron chi connectivity index (χ3n) is 4.21. The van der Waals surface area contributed by atoms with Crippen LogP contribution in [0.1, 0.15) is 11.1 Å². The van der Waals surface area contributed by atoms with E-state index >= 15 is 0 Å². The fourth-order valence-electron chi connectivity index (χ4n) is 2.87. The van der Waals surface area contributed by atoms with E-state index in [1.54, 1.807) is 0 Å². The zero-order valence-corrected chi connectivity index (χ0v) is 15.1. The molecule has 2 aromatic rings. The van der Waals surface area contributed by atoms with Crippen LogP contribution >= 0.6 is 34.8 Å². The van der Waals surface area contributed by atoms with Gasteiger partial charge in [-0.2, -0.15) is 0 Å². The van der Waals surface area contributed by atoms with Crippen molar-refractivity contribution in [2.24, 2.45) is 0 Å². The minimum Gasteiger partial charge on any atom is -0.297 e. The van der Waals surface area contributed by atoms with Crippen molar-refractivity contribution < 1.29 is 0 Å². The molecule has 1 saturated heterocycles. The first kappa shape index (κ1) is 17.1. The molecule has 0 aromatic heterocycles. The van der Waals surface area contributed by atoms with Crippen molar-refractivity contribution in [3.05, 3.63) is 68.7 Å². The average Bonchev–Trinajstić information content (AvgIpc) is 2.55. The molecule has 0 atom stereocenters. The maximum absolute atomic E-state index is 6.25. The van der Waals surface area contributed by atoms with E-state index in [1.165, 1.54) is 11.1 Å². The minimum atomic E-state index is 0.611. The van der Waals surface area contributed by atoms with Gasteiger partial charge in [-0.25, -0.2) is 0 Å². The highest BCUT2D eigenvalue weighted by Crippen LogP contribution is 2.24. The van der Waals surface area contributed by atoms with Gasteiger partial charge in [0.1, 0.15) is 0 Å². The third-order valence-corrected chi connectivity index (χ3v) is 5.31.